The molecule has 3 aromatic carbocycles. The second-order valence-electron chi connectivity index (χ2n) is 6.94. The summed E-state index contributed by atoms with van der Waals surface area (Å²) in [6.45, 7) is -0.314. The summed E-state index contributed by atoms with van der Waals surface area (Å²) in [5, 5.41) is 5.14. The summed E-state index contributed by atoms with van der Waals surface area (Å²) in [5.41, 5.74) is 0.621. The maximum absolute atomic E-state index is 12.6. The Balaban J connectivity index is 1.46. The van der Waals surface area contributed by atoms with Crippen LogP contribution in [0.15, 0.2) is 66.7 Å². The molecule has 1 fully saturated rings. The number of nitrogens with one attached hydrogen (secondary N) is 1. The van der Waals surface area contributed by atoms with Crippen molar-refractivity contribution in [1.29, 1.82) is 0 Å². The van der Waals surface area contributed by atoms with Crippen molar-refractivity contribution in [2.45, 2.75) is 25.0 Å². The third-order valence-corrected chi connectivity index (χ3v) is 5.02. The fourth-order valence-corrected chi connectivity index (χ4v) is 3.30. The molecule has 0 saturated heterocycles. The number of fused-ring (bicyclic) bond motifs is 1. The normalized spacial score (nSPS) is 14.2. The van der Waals surface area contributed by atoms with E-state index in [0.717, 1.165) is 23.6 Å². The molecule has 5 nitrogen and oxygen atoms in total. The monoisotopic (exact) mass is 409 g/mol. The minimum atomic E-state index is -1.00. The fourth-order valence-electron chi connectivity index (χ4n) is 3.07. The molecule has 1 amide bonds. The Labute approximate surface area is 173 Å². The van der Waals surface area contributed by atoms with Gasteiger partial charge in [-0.3, -0.25) is 4.79 Å². The van der Waals surface area contributed by atoms with E-state index >= 15 is 0 Å². The van der Waals surface area contributed by atoms with Crippen molar-refractivity contribution < 1.29 is 19.1 Å². The highest BCUT2D eigenvalue weighted by Gasteiger charge is 2.30. The van der Waals surface area contributed by atoms with Crippen molar-refractivity contribution in [3.8, 4) is 5.75 Å². The highest BCUT2D eigenvalue weighted by atomic mass is 35.5. The predicted molar refractivity (Wildman–Crippen MR) is 111 cm³/mol. The summed E-state index contributed by atoms with van der Waals surface area (Å²) in [7, 11) is 0. The van der Waals surface area contributed by atoms with Crippen molar-refractivity contribution in [2.24, 2.45) is 0 Å². The molecule has 29 heavy (non-hydrogen) atoms. The maximum Gasteiger partial charge on any atom is 0.345 e. The molecular formula is C23H20ClNO4. The Bertz CT molecular complexity index is 1030. The number of carbonyl (C=O) groups excluding carboxylic acids is 2. The number of hydrogen-bond acceptors (Lipinski definition) is 4. The molecule has 1 N–H and O–H groups in total. The molecule has 1 atom stereocenters. The molecule has 0 heterocycles. The van der Waals surface area contributed by atoms with Crippen LogP contribution in [0.2, 0.25) is 5.02 Å². The first-order chi connectivity index (χ1) is 14.1. The van der Waals surface area contributed by atoms with E-state index in [2.05, 4.69) is 5.32 Å². The molecule has 0 unspecified atom stereocenters. The molecule has 6 heteroatoms. The summed E-state index contributed by atoms with van der Waals surface area (Å²) in [6, 6.07) is 20.1. The Kier molecular flexibility index (Phi) is 5.67. The highest BCUT2D eigenvalue weighted by molar-refractivity contribution is 6.35. The largest absolute Gasteiger partial charge is 0.481 e. The van der Waals surface area contributed by atoms with Crippen molar-refractivity contribution in [3.63, 3.8) is 0 Å². The Morgan fingerprint density at radius 3 is 2.38 bits per heavy atom. The van der Waals surface area contributed by atoms with Gasteiger partial charge in [-0.1, -0.05) is 66.2 Å². The molecular weight excluding hydrogens is 390 g/mol. The maximum atomic E-state index is 12.6. The standard InChI is InChI=1S/C23H20ClNO4/c24-19-12-13-20(18-9-5-4-8-17(18)19)28-14-21(26)29-22(15-6-2-1-3-7-15)23(27)25-16-10-11-16/h1-9,12-13,16,22H,10-11,14H2,(H,25,27)/t22-/m1/s1. The lowest BCUT2D eigenvalue weighted by Gasteiger charge is -2.18. The van der Waals surface area contributed by atoms with Crippen LogP contribution in [0.4, 0.5) is 0 Å². The third-order valence-electron chi connectivity index (χ3n) is 4.69. The lowest BCUT2D eigenvalue weighted by molar-refractivity contribution is -0.158. The first kappa shape index (κ1) is 19.3. The molecule has 3 aromatic rings. The van der Waals surface area contributed by atoms with E-state index in [1.54, 1.807) is 36.4 Å². The minimum Gasteiger partial charge on any atom is -0.481 e. The number of esters is 1. The molecule has 0 radical (unpaired) electrons. The van der Waals surface area contributed by atoms with Gasteiger partial charge in [0.25, 0.3) is 5.91 Å². The number of amides is 1. The summed E-state index contributed by atoms with van der Waals surface area (Å²) in [4.78, 5) is 25.0. The van der Waals surface area contributed by atoms with Crippen LogP contribution >= 0.6 is 11.6 Å². The number of halogens is 1. The first-order valence-corrected chi connectivity index (χ1v) is 9.84. The molecule has 148 valence electrons. The average molecular weight is 410 g/mol. The van der Waals surface area contributed by atoms with Crippen LogP contribution in [-0.4, -0.2) is 24.5 Å². The molecule has 1 aliphatic rings. The van der Waals surface area contributed by atoms with Crippen LogP contribution in [0.25, 0.3) is 10.8 Å². The van der Waals surface area contributed by atoms with Gasteiger partial charge < -0.3 is 14.8 Å². The van der Waals surface area contributed by atoms with Crippen molar-refractivity contribution in [1.82, 2.24) is 5.32 Å². The van der Waals surface area contributed by atoms with Crippen LogP contribution in [0.1, 0.15) is 24.5 Å². The van der Waals surface area contributed by atoms with E-state index in [4.69, 9.17) is 21.1 Å². The average Bonchev–Trinajstić information content (AvgIpc) is 3.56. The van der Waals surface area contributed by atoms with Crippen LogP contribution in [0.5, 0.6) is 5.75 Å². The van der Waals surface area contributed by atoms with Gasteiger partial charge >= 0.3 is 5.97 Å². The summed E-state index contributed by atoms with van der Waals surface area (Å²) >= 11 is 6.22. The number of hydrogen-bond donors (Lipinski definition) is 1. The van der Waals surface area contributed by atoms with Crippen LogP contribution < -0.4 is 10.1 Å². The van der Waals surface area contributed by atoms with E-state index in [1.165, 1.54) is 0 Å². The van der Waals surface area contributed by atoms with E-state index in [1.807, 2.05) is 30.3 Å². The van der Waals surface area contributed by atoms with Gasteiger partial charge in [0.15, 0.2) is 6.61 Å². The zero-order valence-electron chi connectivity index (χ0n) is 15.6. The Morgan fingerprint density at radius 1 is 0.966 bits per heavy atom. The van der Waals surface area contributed by atoms with Crippen molar-refractivity contribution in [3.05, 3.63) is 77.3 Å². The SMILES string of the molecule is O=C(COc1ccc(Cl)c2ccccc12)O[C@@H](C(=O)NC1CC1)c1ccccc1. The highest BCUT2D eigenvalue weighted by Crippen LogP contribution is 2.31. The van der Waals surface area contributed by atoms with Gasteiger partial charge in [0.1, 0.15) is 5.75 Å². The van der Waals surface area contributed by atoms with Gasteiger partial charge in [0, 0.05) is 27.4 Å². The van der Waals surface area contributed by atoms with E-state index in [-0.39, 0.29) is 18.6 Å². The molecule has 0 spiro atoms. The second-order valence-corrected chi connectivity index (χ2v) is 7.35. The topological polar surface area (TPSA) is 64.6 Å². The zero-order valence-corrected chi connectivity index (χ0v) is 16.4. The quantitative estimate of drug-likeness (QED) is 0.586. The summed E-state index contributed by atoms with van der Waals surface area (Å²) in [6.07, 6.45) is 0.900. The van der Waals surface area contributed by atoms with Gasteiger partial charge in [-0.05, 0) is 25.0 Å². The summed E-state index contributed by atoms with van der Waals surface area (Å²) in [5.74, 6) is -0.409. The molecule has 1 aliphatic carbocycles. The van der Waals surface area contributed by atoms with Gasteiger partial charge in [-0.15, -0.1) is 0 Å². The number of carbonyl (C=O) groups is 2. The molecule has 1 saturated carbocycles. The van der Waals surface area contributed by atoms with Crippen LogP contribution in [0.3, 0.4) is 0 Å². The lowest BCUT2D eigenvalue weighted by Crippen LogP contribution is -2.34. The van der Waals surface area contributed by atoms with Crippen molar-refractivity contribution >= 4 is 34.2 Å². The van der Waals surface area contributed by atoms with Crippen LogP contribution in [-0.2, 0) is 14.3 Å². The van der Waals surface area contributed by atoms with Gasteiger partial charge in [0.2, 0.25) is 6.10 Å². The second kappa shape index (κ2) is 8.53. The number of rotatable bonds is 7. The number of ether oxygens (including phenoxy) is 2. The fraction of sp³-hybridized carbons (Fsp3) is 0.217. The molecule has 4 rings (SSSR count). The molecule has 0 aromatic heterocycles. The first-order valence-electron chi connectivity index (χ1n) is 9.46. The van der Waals surface area contributed by atoms with Crippen LogP contribution in [0, 0.1) is 0 Å². The molecule has 0 aliphatic heterocycles. The van der Waals surface area contributed by atoms with Gasteiger partial charge in [0.05, 0.1) is 0 Å². The third kappa shape index (κ3) is 4.69. The van der Waals surface area contributed by atoms with E-state index in [0.29, 0.717) is 16.3 Å². The minimum absolute atomic E-state index is 0.170. The number of benzene rings is 3. The predicted octanol–water partition coefficient (Wildman–Crippen LogP) is 4.44. The Morgan fingerprint density at radius 2 is 1.66 bits per heavy atom. The van der Waals surface area contributed by atoms with Crippen molar-refractivity contribution in [2.75, 3.05) is 6.61 Å². The summed E-state index contributed by atoms with van der Waals surface area (Å²) < 4.78 is 11.2. The van der Waals surface area contributed by atoms with E-state index in [9.17, 15) is 9.59 Å². The van der Waals surface area contributed by atoms with E-state index < -0.39 is 12.1 Å². The smallest absolute Gasteiger partial charge is 0.345 e. The van der Waals surface area contributed by atoms with Gasteiger partial charge in [-0.2, -0.15) is 0 Å². The zero-order chi connectivity index (χ0) is 20.2. The lowest BCUT2D eigenvalue weighted by atomic mass is 10.1. The molecule has 0 bridgehead atoms. The van der Waals surface area contributed by atoms with Gasteiger partial charge in [-0.25, -0.2) is 4.79 Å². The Hall–Kier alpha value is -3.05.